The predicted molar refractivity (Wildman–Crippen MR) is 107 cm³/mol. The molecular formula is C22H19N3O. The van der Waals surface area contributed by atoms with Gasteiger partial charge in [-0.3, -0.25) is 9.78 Å². The fourth-order valence-electron chi connectivity index (χ4n) is 3.08. The molecule has 2 aromatic heterocycles. The lowest BCUT2D eigenvalue weighted by Gasteiger charge is -2.08. The van der Waals surface area contributed by atoms with Crippen molar-refractivity contribution in [2.75, 3.05) is 5.32 Å². The summed E-state index contributed by atoms with van der Waals surface area (Å²) in [5.74, 6) is -0.167. The maximum Gasteiger partial charge on any atom is 0.248 e. The molecule has 0 saturated heterocycles. The summed E-state index contributed by atoms with van der Waals surface area (Å²) in [6.07, 6.45) is 5.06. The van der Waals surface area contributed by atoms with Gasteiger partial charge in [-0.1, -0.05) is 30.3 Å². The number of para-hydroxylation sites is 1. The Labute approximate surface area is 151 Å². The van der Waals surface area contributed by atoms with Gasteiger partial charge in [0.2, 0.25) is 5.91 Å². The highest BCUT2D eigenvalue weighted by molar-refractivity contribution is 6.07. The number of H-pyrrole nitrogens is 1. The molecule has 4 rings (SSSR count). The lowest BCUT2D eigenvalue weighted by molar-refractivity contribution is -0.111. The van der Waals surface area contributed by atoms with E-state index in [1.807, 2.05) is 56.3 Å². The first-order chi connectivity index (χ1) is 12.6. The van der Waals surface area contributed by atoms with Crippen molar-refractivity contribution in [2.45, 2.75) is 13.8 Å². The molecule has 0 aliphatic heterocycles. The smallest absolute Gasteiger partial charge is 0.248 e. The fraction of sp³-hybridized carbons (Fsp3) is 0.0909. The van der Waals surface area contributed by atoms with Crippen molar-refractivity contribution in [3.05, 3.63) is 77.6 Å². The Morgan fingerprint density at radius 2 is 1.88 bits per heavy atom. The average molecular weight is 341 g/mol. The van der Waals surface area contributed by atoms with Gasteiger partial charge >= 0.3 is 0 Å². The van der Waals surface area contributed by atoms with Crippen molar-refractivity contribution < 1.29 is 4.79 Å². The molecular weight excluding hydrogens is 322 g/mol. The van der Waals surface area contributed by atoms with Crippen LogP contribution in [0.25, 0.3) is 27.9 Å². The van der Waals surface area contributed by atoms with Crippen LogP contribution in [0.1, 0.15) is 16.8 Å². The van der Waals surface area contributed by atoms with Gasteiger partial charge in [0.25, 0.3) is 0 Å². The van der Waals surface area contributed by atoms with E-state index in [1.165, 1.54) is 6.08 Å². The van der Waals surface area contributed by atoms with Gasteiger partial charge < -0.3 is 10.3 Å². The molecule has 0 unspecified atom stereocenters. The summed E-state index contributed by atoms with van der Waals surface area (Å²) < 4.78 is 0. The van der Waals surface area contributed by atoms with Crippen molar-refractivity contribution in [3.8, 4) is 0 Å². The number of aromatic nitrogens is 2. The van der Waals surface area contributed by atoms with Gasteiger partial charge in [0.15, 0.2) is 0 Å². The maximum absolute atomic E-state index is 12.2. The van der Waals surface area contributed by atoms with Crippen LogP contribution in [0.4, 0.5) is 5.69 Å². The summed E-state index contributed by atoms with van der Waals surface area (Å²) in [5, 5.41) is 5.18. The van der Waals surface area contributed by atoms with Crippen LogP contribution in [0, 0.1) is 13.8 Å². The molecule has 26 heavy (non-hydrogen) atoms. The van der Waals surface area contributed by atoms with E-state index in [2.05, 4.69) is 21.4 Å². The number of aromatic amines is 1. The van der Waals surface area contributed by atoms with Crippen molar-refractivity contribution in [2.24, 2.45) is 0 Å². The number of carbonyl (C=O) groups is 1. The molecule has 0 aliphatic carbocycles. The second kappa shape index (κ2) is 6.48. The van der Waals surface area contributed by atoms with Crippen molar-refractivity contribution in [1.29, 1.82) is 0 Å². The number of nitrogens with zero attached hydrogens (tertiary/aromatic N) is 1. The van der Waals surface area contributed by atoms with Crippen LogP contribution in [0.3, 0.4) is 0 Å². The summed E-state index contributed by atoms with van der Waals surface area (Å²) in [6.45, 7) is 4.03. The number of rotatable bonds is 3. The quantitative estimate of drug-likeness (QED) is 0.516. The molecule has 0 saturated carbocycles. The second-order valence-corrected chi connectivity index (χ2v) is 6.40. The van der Waals surface area contributed by atoms with Crippen LogP contribution < -0.4 is 5.32 Å². The van der Waals surface area contributed by atoms with Gasteiger partial charge in [0.1, 0.15) is 0 Å². The van der Waals surface area contributed by atoms with E-state index in [9.17, 15) is 4.79 Å². The number of carbonyl (C=O) groups excluding carboxylic acids is 1. The molecule has 2 aromatic carbocycles. The molecule has 0 fully saturated rings. The highest BCUT2D eigenvalue weighted by Crippen LogP contribution is 2.25. The SMILES string of the molecule is Cc1cccc(NC(=O)/C=C/c2cc3c(cn2)[nH]c2ccccc23)c1C. The monoisotopic (exact) mass is 341 g/mol. The van der Waals surface area contributed by atoms with Crippen LogP contribution in [0.5, 0.6) is 0 Å². The van der Waals surface area contributed by atoms with E-state index in [1.54, 1.807) is 12.3 Å². The van der Waals surface area contributed by atoms with E-state index in [-0.39, 0.29) is 5.91 Å². The van der Waals surface area contributed by atoms with E-state index in [0.717, 1.165) is 44.3 Å². The Morgan fingerprint density at radius 3 is 2.77 bits per heavy atom. The topological polar surface area (TPSA) is 57.8 Å². The van der Waals surface area contributed by atoms with E-state index in [4.69, 9.17) is 0 Å². The fourth-order valence-corrected chi connectivity index (χ4v) is 3.08. The zero-order valence-electron chi connectivity index (χ0n) is 14.7. The van der Waals surface area contributed by atoms with Crippen LogP contribution in [0.2, 0.25) is 0 Å². The Hall–Kier alpha value is -3.40. The highest BCUT2D eigenvalue weighted by atomic mass is 16.1. The summed E-state index contributed by atoms with van der Waals surface area (Å²) in [4.78, 5) is 20.0. The number of pyridine rings is 1. The summed E-state index contributed by atoms with van der Waals surface area (Å²) in [7, 11) is 0. The van der Waals surface area contributed by atoms with E-state index in [0.29, 0.717) is 0 Å². The Bertz CT molecular complexity index is 1150. The number of benzene rings is 2. The molecule has 4 heteroatoms. The molecule has 0 spiro atoms. The molecule has 2 heterocycles. The van der Waals surface area contributed by atoms with Gasteiger partial charge in [0.05, 0.1) is 17.4 Å². The molecule has 4 nitrogen and oxygen atoms in total. The minimum absolute atomic E-state index is 0.167. The zero-order valence-corrected chi connectivity index (χ0v) is 14.7. The Balaban J connectivity index is 1.59. The van der Waals surface area contributed by atoms with Gasteiger partial charge in [0, 0.05) is 28.1 Å². The third-order valence-electron chi connectivity index (χ3n) is 4.68. The molecule has 0 radical (unpaired) electrons. The Kier molecular flexibility index (Phi) is 4.01. The lowest BCUT2D eigenvalue weighted by Crippen LogP contribution is -2.09. The minimum Gasteiger partial charge on any atom is -0.353 e. The minimum atomic E-state index is -0.167. The highest BCUT2D eigenvalue weighted by Gasteiger charge is 2.06. The third-order valence-corrected chi connectivity index (χ3v) is 4.68. The number of fused-ring (bicyclic) bond motifs is 3. The first kappa shape index (κ1) is 16.1. The summed E-state index contributed by atoms with van der Waals surface area (Å²) in [6, 6.07) is 16.0. The number of hydrogen-bond donors (Lipinski definition) is 2. The summed E-state index contributed by atoms with van der Waals surface area (Å²) in [5.41, 5.74) is 5.88. The lowest BCUT2D eigenvalue weighted by atomic mass is 10.1. The molecule has 4 aromatic rings. The zero-order chi connectivity index (χ0) is 18.1. The van der Waals surface area contributed by atoms with Crippen molar-refractivity contribution in [1.82, 2.24) is 9.97 Å². The molecule has 0 aliphatic rings. The standard InChI is InChI=1S/C22H19N3O/c1-14-6-5-9-19(15(14)2)25-22(26)11-10-16-12-18-17-7-3-4-8-20(17)24-21(18)13-23-16/h3-13,24H,1-2H3,(H,25,26)/b11-10+. The molecule has 1 amide bonds. The number of nitrogens with one attached hydrogen (secondary N) is 2. The second-order valence-electron chi connectivity index (χ2n) is 6.40. The maximum atomic E-state index is 12.2. The third kappa shape index (κ3) is 2.97. The molecule has 0 bridgehead atoms. The van der Waals surface area contributed by atoms with Crippen LogP contribution in [0.15, 0.2) is 60.8 Å². The van der Waals surface area contributed by atoms with E-state index < -0.39 is 0 Å². The van der Waals surface area contributed by atoms with Gasteiger partial charge in [-0.15, -0.1) is 0 Å². The predicted octanol–water partition coefficient (Wildman–Crippen LogP) is 4.98. The van der Waals surface area contributed by atoms with Crippen molar-refractivity contribution in [3.63, 3.8) is 0 Å². The van der Waals surface area contributed by atoms with Crippen LogP contribution in [-0.4, -0.2) is 15.9 Å². The van der Waals surface area contributed by atoms with Gasteiger partial charge in [-0.25, -0.2) is 0 Å². The molecule has 2 N–H and O–H groups in total. The largest absolute Gasteiger partial charge is 0.353 e. The number of amides is 1. The first-order valence-corrected chi connectivity index (χ1v) is 8.53. The number of hydrogen-bond acceptors (Lipinski definition) is 2. The number of aryl methyl sites for hydroxylation is 1. The van der Waals surface area contributed by atoms with Crippen LogP contribution in [-0.2, 0) is 4.79 Å². The van der Waals surface area contributed by atoms with Gasteiger partial charge in [-0.05, 0) is 49.2 Å². The average Bonchev–Trinajstić information content (AvgIpc) is 3.02. The van der Waals surface area contributed by atoms with Crippen LogP contribution >= 0.6 is 0 Å². The number of anilines is 1. The molecule has 128 valence electrons. The Morgan fingerprint density at radius 1 is 1.04 bits per heavy atom. The normalized spacial score (nSPS) is 11.5. The van der Waals surface area contributed by atoms with Gasteiger partial charge in [-0.2, -0.15) is 0 Å². The van der Waals surface area contributed by atoms with E-state index >= 15 is 0 Å². The van der Waals surface area contributed by atoms with Crippen molar-refractivity contribution >= 4 is 39.5 Å². The molecule has 0 atom stereocenters. The summed E-state index contributed by atoms with van der Waals surface area (Å²) >= 11 is 0. The first-order valence-electron chi connectivity index (χ1n) is 8.53.